The molecule has 1 saturated heterocycles. The van der Waals surface area contributed by atoms with Crippen LogP contribution in [0.5, 0.6) is 5.75 Å². The molecule has 168 valence electrons. The molecule has 1 aliphatic heterocycles. The minimum Gasteiger partial charge on any atom is -0.494 e. The summed E-state index contributed by atoms with van der Waals surface area (Å²) in [5.74, 6) is 0.843. The van der Waals surface area contributed by atoms with Gasteiger partial charge in [0.1, 0.15) is 5.75 Å². The first kappa shape index (κ1) is 23.3. The van der Waals surface area contributed by atoms with Crippen molar-refractivity contribution in [1.29, 1.82) is 0 Å². The first-order valence-corrected chi connectivity index (χ1v) is 12.6. The van der Waals surface area contributed by atoms with Crippen molar-refractivity contribution < 1.29 is 17.9 Å². The number of nitrogens with one attached hydrogen (secondary N) is 1. The van der Waals surface area contributed by atoms with Crippen molar-refractivity contribution in [1.82, 2.24) is 9.62 Å². The summed E-state index contributed by atoms with van der Waals surface area (Å²) in [5.41, 5.74) is 1.20. The highest BCUT2D eigenvalue weighted by molar-refractivity contribution is 7.89. The van der Waals surface area contributed by atoms with E-state index in [9.17, 15) is 13.2 Å². The van der Waals surface area contributed by atoms with Gasteiger partial charge in [0.15, 0.2) is 0 Å². The van der Waals surface area contributed by atoms with E-state index in [1.807, 2.05) is 54.6 Å². The maximum Gasteiger partial charge on any atom is 0.231 e. The van der Waals surface area contributed by atoms with Crippen LogP contribution in [0, 0.1) is 0 Å². The van der Waals surface area contributed by atoms with Gasteiger partial charge in [-0.25, -0.2) is 12.7 Å². The van der Waals surface area contributed by atoms with E-state index in [4.69, 9.17) is 4.74 Å². The predicted molar refractivity (Wildman–Crippen MR) is 122 cm³/mol. The molecule has 0 bridgehead atoms. The number of ether oxygens (including phenoxy) is 1. The lowest BCUT2D eigenvalue weighted by molar-refractivity contribution is -0.128. The van der Waals surface area contributed by atoms with Crippen LogP contribution in [0.1, 0.15) is 44.2 Å². The zero-order valence-electron chi connectivity index (χ0n) is 18.3. The number of sulfonamides is 1. The normalized spacial score (nSPS) is 16.6. The van der Waals surface area contributed by atoms with E-state index in [0.717, 1.165) is 23.3 Å². The molecule has 6 nitrogen and oxygen atoms in total. The lowest BCUT2D eigenvalue weighted by Crippen LogP contribution is -2.52. The Hall–Kier alpha value is -2.38. The summed E-state index contributed by atoms with van der Waals surface area (Å²) in [6.07, 6.45) is 1.88. The molecule has 0 saturated carbocycles. The molecule has 2 aromatic rings. The summed E-state index contributed by atoms with van der Waals surface area (Å²) < 4.78 is 31.7. The number of piperidine rings is 1. The SMILES string of the molecule is CCCOc1ccc(CNC(=O)C2(c3ccccc3)CCN(S(=O)(=O)CC)CC2)cc1. The largest absolute Gasteiger partial charge is 0.494 e. The van der Waals surface area contributed by atoms with Crippen molar-refractivity contribution in [2.45, 2.75) is 45.1 Å². The van der Waals surface area contributed by atoms with E-state index < -0.39 is 15.4 Å². The number of nitrogens with zero attached hydrogens (tertiary/aromatic N) is 1. The third-order valence-corrected chi connectivity index (χ3v) is 7.83. The predicted octanol–water partition coefficient (Wildman–Crippen LogP) is 3.48. The number of rotatable bonds is 9. The van der Waals surface area contributed by atoms with Gasteiger partial charge in [-0.2, -0.15) is 0 Å². The van der Waals surface area contributed by atoms with Crippen LogP contribution in [-0.2, 0) is 26.8 Å². The van der Waals surface area contributed by atoms with Crippen molar-refractivity contribution in [2.24, 2.45) is 0 Å². The molecule has 0 spiro atoms. The first-order chi connectivity index (χ1) is 14.9. The van der Waals surface area contributed by atoms with Crippen molar-refractivity contribution in [3.05, 3.63) is 65.7 Å². The van der Waals surface area contributed by atoms with Crippen LogP contribution in [0.15, 0.2) is 54.6 Å². The van der Waals surface area contributed by atoms with Crippen molar-refractivity contribution >= 4 is 15.9 Å². The Kier molecular flexibility index (Phi) is 7.73. The second-order valence-electron chi connectivity index (χ2n) is 7.92. The third-order valence-electron chi connectivity index (χ3n) is 5.94. The molecule has 31 heavy (non-hydrogen) atoms. The van der Waals surface area contributed by atoms with E-state index >= 15 is 0 Å². The summed E-state index contributed by atoms with van der Waals surface area (Å²) >= 11 is 0. The average Bonchev–Trinajstić information content (AvgIpc) is 2.82. The van der Waals surface area contributed by atoms with Crippen LogP contribution < -0.4 is 10.1 Å². The van der Waals surface area contributed by atoms with Crippen molar-refractivity contribution in [3.63, 3.8) is 0 Å². The lowest BCUT2D eigenvalue weighted by atomic mass is 9.72. The maximum atomic E-state index is 13.4. The average molecular weight is 445 g/mol. The Labute approximate surface area is 185 Å². The molecule has 1 aliphatic rings. The maximum absolute atomic E-state index is 13.4. The van der Waals surface area contributed by atoms with Crippen molar-refractivity contribution in [3.8, 4) is 5.75 Å². The van der Waals surface area contributed by atoms with E-state index in [2.05, 4.69) is 12.2 Å². The number of carbonyl (C=O) groups excluding carboxylic acids is 1. The molecule has 1 fully saturated rings. The molecule has 0 aromatic heterocycles. The van der Waals surface area contributed by atoms with Crippen LogP contribution in [0.25, 0.3) is 0 Å². The van der Waals surface area contributed by atoms with E-state index in [-0.39, 0.29) is 11.7 Å². The van der Waals surface area contributed by atoms with E-state index in [0.29, 0.717) is 39.1 Å². The zero-order valence-corrected chi connectivity index (χ0v) is 19.2. The highest BCUT2D eigenvalue weighted by Gasteiger charge is 2.44. The van der Waals surface area contributed by atoms with Gasteiger partial charge in [0.25, 0.3) is 0 Å². The summed E-state index contributed by atoms with van der Waals surface area (Å²) in [4.78, 5) is 13.4. The summed E-state index contributed by atoms with van der Waals surface area (Å²) in [5, 5.41) is 3.09. The molecule has 7 heteroatoms. The Balaban J connectivity index is 1.72. The Morgan fingerprint density at radius 2 is 1.68 bits per heavy atom. The second kappa shape index (κ2) is 10.3. The van der Waals surface area contributed by atoms with Gasteiger partial charge in [0.05, 0.1) is 17.8 Å². The van der Waals surface area contributed by atoms with Crippen LogP contribution in [0.3, 0.4) is 0 Å². The summed E-state index contributed by atoms with van der Waals surface area (Å²) in [7, 11) is -3.26. The number of hydrogen-bond acceptors (Lipinski definition) is 4. The Morgan fingerprint density at radius 1 is 1.03 bits per heavy atom. The van der Waals surface area contributed by atoms with Crippen LogP contribution in [0.2, 0.25) is 0 Å². The van der Waals surface area contributed by atoms with Gasteiger partial charge < -0.3 is 10.1 Å². The van der Waals surface area contributed by atoms with Crippen molar-refractivity contribution in [2.75, 3.05) is 25.4 Å². The van der Waals surface area contributed by atoms with Gasteiger partial charge in [0, 0.05) is 19.6 Å². The topological polar surface area (TPSA) is 75.7 Å². The molecule has 1 heterocycles. The molecule has 1 N–H and O–H groups in total. The standard InChI is InChI=1S/C24H32N2O4S/c1-3-18-30-22-12-10-20(11-13-22)19-25-23(27)24(21-8-6-5-7-9-21)14-16-26(17-15-24)31(28,29)4-2/h5-13H,3-4,14-19H2,1-2H3,(H,25,27). The van der Waals surface area contributed by atoms with Gasteiger partial charge in [-0.3, -0.25) is 4.79 Å². The smallest absolute Gasteiger partial charge is 0.231 e. The molecular formula is C24H32N2O4S. The second-order valence-corrected chi connectivity index (χ2v) is 10.2. The Bertz CT molecular complexity index is 951. The monoisotopic (exact) mass is 444 g/mol. The minimum atomic E-state index is -3.26. The fourth-order valence-electron chi connectivity index (χ4n) is 4.01. The van der Waals surface area contributed by atoms with Gasteiger partial charge >= 0.3 is 0 Å². The minimum absolute atomic E-state index is 0.0569. The van der Waals surface area contributed by atoms with Gasteiger partial charge in [-0.15, -0.1) is 0 Å². The van der Waals surface area contributed by atoms with Crippen LogP contribution in [0.4, 0.5) is 0 Å². The fraction of sp³-hybridized carbons (Fsp3) is 0.458. The highest BCUT2D eigenvalue weighted by atomic mass is 32.2. The van der Waals surface area contributed by atoms with E-state index in [1.54, 1.807) is 6.92 Å². The fourth-order valence-corrected chi connectivity index (χ4v) is 5.11. The number of hydrogen-bond donors (Lipinski definition) is 1. The number of benzene rings is 2. The quantitative estimate of drug-likeness (QED) is 0.643. The molecule has 2 aromatic carbocycles. The Morgan fingerprint density at radius 3 is 2.26 bits per heavy atom. The molecule has 0 unspecified atom stereocenters. The number of amides is 1. The number of carbonyl (C=O) groups is 1. The van der Waals surface area contributed by atoms with Gasteiger partial charge in [-0.1, -0.05) is 49.4 Å². The molecule has 1 amide bonds. The van der Waals surface area contributed by atoms with Gasteiger partial charge in [-0.05, 0) is 49.4 Å². The molecule has 0 atom stereocenters. The molecule has 0 radical (unpaired) electrons. The molecular weight excluding hydrogens is 412 g/mol. The van der Waals surface area contributed by atoms with E-state index in [1.165, 1.54) is 4.31 Å². The lowest BCUT2D eigenvalue weighted by Gasteiger charge is -2.40. The summed E-state index contributed by atoms with van der Waals surface area (Å²) in [6.45, 7) is 5.51. The summed E-state index contributed by atoms with van der Waals surface area (Å²) in [6, 6.07) is 17.4. The first-order valence-electron chi connectivity index (χ1n) is 10.9. The highest BCUT2D eigenvalue weighted by Crippen LogP contribution is 2.36. The molecule has 3 rings (SSSR count). The molecule has 0 aliphatic carbocycles. The van der Waals surface area contributed by atoms with Crippen LogP contribution in [-0.4, -0.2) is 44.1 Å². The van der Waals surface area contributed by atoms with Gasteiger partial charge in [0.2, 0.25) is 15.9 Å². The zero-order chi connectivity index (χ0) is 22.3. The third kappa shape index (κ3) is 5.46. The van der Waals surface area contributed by atoms with Crippen LogP contribution >= 0.6 is 0 Å².